The summed E-state index contributed by atoms with van der Waals surface area (Å²) in [6, 6.07) is 0. The lowest BCUT2D eigenvalue weighted by Crippen LogP contribution is -2.43. The van der Waals surface area contributed by atoms with Crippen molar-refractivity contribution < 1.29 is 27.5 Å². The molecule has 1 N–H and O–H groups in total. The molecule has 0 aliphatic rings. The molecule has 124 valence electrons. The van der Waals surface area contributed by atoms with Crippen LogP contribution >= 0.6 is 0 Å². The molecule has 0 fully saturated rings. The number of nitrogens with one attached hydrogen (secondary N) is 1. The first-order chi connectivity index (χ1) is 9.49. The molecule has 0 aromatic rings. The van der Waals surface area contributed by atoms with E-state index in [4.69, 9.17) is 4.74 Å². The summed E-state index contributed by atoms with van der Waals surface area (Å²) in [5.41, 5.74) is -0.623. The third kappa shape index (κ3) is 8.57. The third-order valence-electron chi connectivity index (χ3n) is 2.84. The van der Waals surface area contributed by atoms with Crippen molar-refractivity contribution in [2.24, 2.45) is 11.3 Å². The fourth-order valence-corrected chi connectivity index (χ4v) is 1.84. The Morgan fingerprint density at radius 2 is 1.71 bits per heavy atom. The van der Waals surface area contributed by atoms with Gasteiger partial charge in [-0.1, -0.05) is 20.8 Å². The van der Waals surface area contributed by atoms with Crippen molar-refractivity contribution >= 4 is 11.9 Å². The van der Waals surface area contributed by atoms with Gasteiger partial charge in [-0.15, -0.1) is 0 Å². The molecule has 7 heteroatoms. The molecule has 0 radical (unpaired) electrons. The molecular formula is C14H24F3NO3. The van der Waals surface area contributed by atoms with Crippen molar-refractivity contribution in [3.8, 4) is 0 Å². The molecule has 0 aromatic heterocycles. The average Bonchev–Trinajstić information content (AvgIpc) is 2.25. The molecule has 1 atom stereocenters. The average molecular weight is 311 g/mol. The highest BCUT2D eigenvalue weighted by molar-refractivity contribution is 5.98. The van der Waals surface area contributed by atoms with Crippen LogP contribution in [0.1, 0.15) is 47.0 Å². The second kappa shape index (κ2) is 8.24. The number of unbranched alkanes of at least 4 members (excludes halogenated alkanes) is 1. The number of alkyl halides is 3. The van der Waals surface area contributed by atoms with Crippen LogP contribution in [-0.2, 0) is 14.3 Å². The highest BCUT2D eigenvalue weighted by Gasteiger charge is 2.38. The maximum atomic E-state index is 12.0. The first kappa shape index (κ1) is 19.7. The van der Waals surface area contributed by atoms with Crippen molar-refractivity contribution in [3.63, 3.8) is 0 Å². The molecule has 0 heterocycles. The van der Waals surface area contributed by atoms with E-state index in [1.54, 1.807) is 27.7 Å². The predicted molar refractivity (Wildman–Crippen MR) is 72.5 cm³/mol. The summed E-state index contributed by atoms with van der Waals surface area (Å²) in [5, 5.41) is 2.51. The second-order valence-corrected chi connectivity index (χ2v) is 5.91. The lowest BCUT2D eigenvalue weighted by molar-refractivity contribution is -0.156. The first-order valence-corrected chi connectivity index (χ1v) is 7.00. The molecule has 0 bridgehead atoms. The normalized spacial score (nSPS) is 13.7. The molecule has 4 nitrogen and oxygen atoms in total. The van der Waals surface area contributed by atoms with E-state index in [9.17, 15) is 22.8 Å². The van der Waals surface area contributed by atoms with Gasteiger partial charge in [-0.3, -0.25) is 9.59 Å². The Hall–Kier alpha value is -1.27. The molecule has 21 heavy (non-hydrogen) atoms. The van der Waals surface area contributed by atoms with Gasteiger partial charge >= 0.3 is 12.1 Å². The van der Waals surface area contributed by atoms with Crippen LogP contribution < -0.4 is 5.32 Å². The van der Waals surface area contributed by atoms with E-state index in [1.807, 2.05) is 0 Å². The van der Waals surface area contributed by atoms with Crippen molar-refractivity contribution in [1.29, 1.82) is 0 Å². The number of halogens is 3. The molecule has 0 aliphatic heterocycles. The van der Waals surface area contributed by atoms with Gasteiger partial charge in [0, 0.05) is 13.0 Å². The van der Waals surface area contributed by atoms with Gasteiger partial charge in [0.2, 0.25) is 5.91 Å². The van der Waals surface area contributed by atoms with Gasteiger partial charge in [0.15, 0.2) is 0 Å². The topological polar surface area (TPSA) is 55.4 Å². The molecule has 0 spiro atoms. The van der Waals surface area contributed by atoms with Gasteiger partial charge in [0.25, 0.3) is 0 Å². The van der Waals surface area contributed by atoms with Crippen LogP contribution in [0.3, 0.4) is 0 Å². The molecule has 0 aliphatic carbocycles. The summed E-state index contributed by atoms with van der Waals surface area (Å²) >= 11 is 0. The van der Waals surface area contributed by atoms with E-state index in [1.165, 1.54) is 0 Å². The van der Waals surface area contributed by atoms with E-state index >= 15 is 0 Å². The summed E-state index contributed by atoms with van der Waals surface area (Å²) in [5.74, 6) is -2.09. The summed E-state index contributed by atoms with van der Waals surface area (Å²) < 4.78 is 40.8. The highest BCUT2D eigenvalue weighted by atomic mass is 19.4. The van der Waals surface area contributed by atoms with Gasteiger partial charge < -0.3 is 10.1 Å². The minimum Gasteiger partial charge on any atom is -0.465 e. The van der Waals surface area contributed by atoms with Crippen molar-refractivity contribution in [3.05, 3.63) is 0 Å². The standard InChI is InChI=1S/C14H24F3NO3/c1-5-21-12(20)10(13(2,3)4)11(19)18-9-7-6-8-14(15,16)17/h10H,5-9H2,1-4H3,(H,18,19). The van der Waals surface area contributed by atoms with Gasteiger partial charge in [-0.05, 0) is 25.2 Å². The van der Waals surface area contributed by atoms with Crippen LogP contribution in [0.15, 0.2) is 0 Å². The van der Waals surface area contributed by atoms with Crippen LogP contribution in [0.25, 0.3) is 0 Å². The SMILES string of the molecule is CCOC(=O)C(C(=O)NCCCCC(F)(F)F)C(C)(C)C. The zero-order chi connectivity index (χ0) is 16.7. The summed E-state index contributed by atoms with van der Waals surface area (Å²) in [7, 11) is 0. The molecule has 0 saturated carbocycles. The molecule has 0 rings (SSSR count). The quantitative estimate of drug-likeness (QED) is 0.446. The highest BCUT2D eigenvalue weighted by Crippen LogP contribution is 2.27. The van der Waals surface area contributed by atoms with E-state index in [0.29, 0.717) is 0 Å². The van der Waals surface area contributed by atoms with Crippen LogP contribution in [-0.4, -0.2) is 31.2 Å². The van der Waals surface area contributed by atoms with E-state index < -0.39 is 35.8 Å². The number of esters is 1. The Labute approximate surface area is 123 Å². The predicted octanol–water partition coefficient (Wildman–Crippen LogP) is 3.06. The largest absolute Gasteiger partial charge is 0.465 e. The van der Waals surface area contributed by atoms with E-state index in [0.717, 1.165) is 0 Å². The Balaban J connectivity index is 4.34. The van der Waals surface area contributed by atoms with Gasteiger partial charge in [0.1, 0.15) is 5.92 Å². The van der Waals surface area contributed by atoms with Crippen LogP contribution in [0.4, 0.5) is 13.2 Å². The molecular weight excluding hydrogens is 287 g/mol. The fraction of sp³-hybridized carbons (Fsp3) is 0.857. The van der Waals surface area contributed by atoms with Crippen LogP contribution in [0.5, 0.6) is 0 Å². The van der Waals surface area contributed by atoms with Gasteiger partial charge in [0.05, 0.1) is 6.61 Å². The molecule has 0 saturated heterocycles. The summed E-state index contributed by atoms with van der Waals surface area (Å²) in [6.45, 7) is 7.13. The first-order valence-electron chi connectivity index (χ1n) is 7.00. The Morgan fingerprint density at radius 3 is 2.14 bits per heavy atom. The number of ether oxygens (including phenoxy) is 1. The number of carbonyl (C=O) groups excluding carboxylic acids is 2. The second-order valence-electron chi connectivity index (χ2n) is 5.91. The number of hydrogen-bond acceptors (Lipinski definition) is 3. The summed E-state index contributed by atoms with van der Waals surface area (Å²) in [4.78, 5) is 23.9. The van der Waals surface area contributed by atoms with E-state index in [2.05, 4.69) is 5.32 Å². The number of hydrogen-bond donors (Lipinski definition) is 1. The van der Waals surface area contributed by atoms with Crippen LogP contribution in [0.2, 0.25) is 0 Å². The molecule has 0 aromatic carbocycles. The Bertz CT molecular complexity index is 348. The monoisotopic (exact) mass is 311 g/mol. The number of amides is 1. The van der Waals surface area contributed by atoms with Crippen LogP contribution in [0, 0.1) is 11.3 Å². The molecule has 1 amide bonds. The van der Waals surface area contributed by atoms with E-state index in [-0.39, 0.29) is 26.0 Å². The lowest BCUT2D eigenvalue weighted by atomic mass is 9.80. The number of rotatable bonds is 7. The Morgan fingerprint density at radius 1 is 1.14 bits per heavy atom. The smallest absolute Gasteiger partial charge is 0.389 e. The fourth-order valence-electron chi connectivity index (χ4n) is 1.84. The number of carbonyl (C=O) groups is 2. The van der Waals surface area contributed by atoms with Crippen molar-refractivity contribution in [1.82, 2.24) is 5.32 Å². The van der Waals surface area contributed by atoms with Gasteiger partial charge in [-0.2, -0.15) is 13.2 Å². The maximum absolute atomic E-state index is 12.0. The third-order valence-corrected chi connectivity index (χ3v) is 2.84. The molecule has 1 unspecified atom stereocenters. The summed E-state index contributed by atoms with van der Waals surface area (Å²) in [6.07, 6.45) is -4.89. The van der Waals surface area contributed by atoms with Gasteiger partial charge in [-0.25, -0.2) is 0 Å². The maximum Gasteiger partial charge on any atom is 0.389 e. The Kier molecular flexibility index (Phi) is 7.74. The van der Waals surface area contributed by atoms with Crippen molar-refractivity contribution in [2.75, 3.05) is 13.2 Å². The van der Waals surface area contributed by atoms with Crippen molar-refractivity contribution in [2.45, 2.75) is 53.1 Å². The minimum atomic E-state index is -4.18. The minimum absolute atomic E-state index is 0.0522. The zero-order valence-electron chi connectivity index (χ0n) is 13.0. The zero-order valence-corrected chi connectivity index (χ0v) is 13.0. The lowest BCUT2D eigenvalue weighted by Gasteiger charge is -2.27.